The van der Waals surface area contributed by atoms with E-state index in [4.69, 9.17) is 4.74 Å². The SMILES string of the molecule is CCC(Nc1ccc(F)c(F)c1)c1ccccc1OC. The maximum absolute atomic E-state index is 13.2. The molecule has 0 aliphatic carbocycles. The van der Waals surface area contributed by atoms with E-state index >= 15 is 0 Å². The van der Waals surface area contributed by atoms with E-state index in [1.807, 2.05) is 31.2 Å². The molecule has 20 heavy (non-hydrogen) atoms. The van der Waals surface area contributed by atoms with Gasteiger partial charge >= 0.3 is 0 Å². The molecule has 2 nitrogen and oxygen atoms in total. The lowest BCUT2D eigenvalue weighted by Crippen LogP contribution is -2.11. The molecular weight excluding hydrogens is 260 g/mol. The Labute approximate surface area is 117 Å². The van der Waals surface area contributed by atoms with Crippen LogP contribution in [0.5, 0.6) is 5.75 Å². The minimum atomic E-state index is -0.857. The third-order valence-electron chi connectivity index (χ3n) is 3.18. The monoisotopic (exact) mass is 277 g/mol. The lowest BCUT2D eigenvalue weighted by molar-refractivity contribution is 0.406. The number of hydrogen-bond acceptors (Lipinski definition) is 2. The Balaban J connectivity index is 2.26. The number of hydrogen-bond donors (Lipinski definition) is 1. The Hall–Kier alpha value is -2.10. The Morgan fingerprint density at radius 3 is 2.50 bits per heavy atom. The smallest absolute Gasteiger partial charge is 0.160 e. The fourth-order valence-electron chi connectivity index (χ4n) is 2.14. The molecule has 0 saturated heterocycles. The molecule has 106 valence electrons. The summed E-state index contributed by atoms with van der Waals surface area (Å²) in [6, 6.07) is 11.4. The van der Waals surface area contributed by atoms with Crippen molar-refractivity contribution in [3.63, 3.8) is 0 Å². The number of rotatable bonds is 5. The second-order valence-electron chi connectivity index (χ2n) is 4.48. The lowest BCUT2D eigenvalue weighted by Gasteiger charge is -2.21. The molecule has 0 bridgehead atoms. The third kappa shape index (κ3) is 3.07. The van der Waals surface area contributed by atoms with Crippen LogP contribution < -0.4 is 10.1 Å². The van der Waals surface area contributed by atoms with E-state index < -0.39 is 11.6 Å². The summed E-state index contributed by atoms with van der Waals surface area (Å²) in [4.78, 5) is 0. The van der Waals surface area contributed by atoms with Crippen LogP contribution in [0.3, 0.4) is 0 Å². The van der Waals surface area contributed by atoms with Crippen LogP contribution in [0.4, 0.5) is 14.5 Å². The highest BCUT2D eigenvalue weighted by atomic mass is 19.2. The molecule has 1 unspecified atom stereocenters. The standard InChI is InChI=1S/C16H17F2NO/c1-3-15(12-6-4-5-7-16(12)20-2)19-11-8-9-13(17)14(18)10-11/h4-10,15,19H,3H2,1-2H3. The average molecular weight is 277 g/mol. The second-order valence-corrected chi connectivity index (χ2v) is 4.48. The Bertz CT molecular complexity index is 586. The molecule has 0 heterocycles. The Kier molecular flexibility index (Phi) is 4.56. The van der Waals surface area contributed by atoms with Gasteiger partial charge in [-0.15, -0.1) is 0 Å². The molecule has 0 aliphatic heterocycles. The van der Waals surface area contributed by atoms with Gasteiger partial charge in [0.15, 0.2) is 11.6 Å². The maximum atomic E-state index is 13.2. The van der Waals surface area contributed by atoms with Crippen LogP contribution in [0.15, 0.2) is 42.5 Å². The Morgan fingerprint density at radius 2 is 1.85 bits per heavy atom. The van der Waals surface area contributed by atoms with Crippen LogP contribution in [0.1, 0.15) is 24.9 Å². The molecule has 0 spiro atoms. The second kappa shape index (κ2) is 6.37. The molecule has 4 heteroatoms. The predicted molar refractivity (Wildman–Crippen MR) is 76.0 cm³/mol. The minimum Gasteiger partial charge on any atom is -0.496 e. The van der Waals surface area contributed by atoms with Crippen molar-refractivity contribution < 1.29 is 13.5 Å². The van der Waals surface area contributed by atoms with Crippen molar-refractivity contribution in [2.75, 3.05) is 12.4 Å². The quantitative estimate of drug-likeness (QED) is 0.866. The van der Waals surface area contributed by atoms with Crippen LogP contribution >= 0.6 is 0 Å². The van der Waals surface area contributed by atoms with E-state index in [0.717, 1.165) is 29.9 Å². The molecule has 2 aromatic carbocycles. The van der Waals surface area contributed by atoms with E-state index in [1.165, 1.54) is 6.07 Å². The molecule has 0 fully saturated rings. The van der Waals surface area contributed by atoms with Gasteiger partial charge in [0, 0.05) is 17.3 Å². The largest absolute Gasteiger partial charge is 0.496 e. The molecule has 0 amide bonds. The molecule has 2 aromatic rings. The fourth-order valence-corrected chi connectivity index (χ4v) is 2.14. The number of ether oxygens (including phenoxy) is 1. The van der Waals surface area contributed by atoms with Gasteiger partial charge in [-0.3, -0.25) is 0 Å². The van der Waals surface area contributed by atoms with Gasteiger partial charge in [-0.2, -0.15) is 0 Å². The van der Waals surface area contributed by atoms with Gasteiger partial charge in [0.1, 0.15) is 5.75 Å². The molecule has 0 radical (unpaired) electrons. The van der Waals surface area contributed by atoms with Crippen LogP contribution in [0.25, 0.3) is 0 Å². The van der Waals surface area contributed by atoms with Crippen LogP contribution in [0.2, 0.25) is 0 Å². The zero-order valence-corrected chi connectivity index (χ0v) is 11.5. The first-order valence-electron chi connectivity index (χ1n) is 6.50. The summed E-state index contributed by atoms with van der Waals surface area (Å²) in [7, 11) is 1.61. The summed E-state index contributed by atoms with van der Waals surface area (Å²) in [6.45, 7) is 2.02. The van der Waals surface area contributed by atoms with Crippen molar-refractivity contribution in [1.29, 1.82) is 0 Å². The van der Waals surface area contributed by atoms with E-state index in [1.54, 1.807) is 7.11 Å². The zero-order chi connectivity index (χ0) is 14.5. The summed E-state index contributed by atoms with van der Waals surface area (Å²) in [5.41, 5.74) is 1.53. The first kappa shape index (κ1) is 14.3. The molecular formula is C16H17F2NO. The van der Waals surface area contributed by atoms with Crippen molar-refractivity contribution in [2.45, 2.75) is 19.4 Å². The van der Waals surface area contributed by atoms with Gasteiger partial charge in [0.05, 0.1) is 13.2 Å². The van der Waals surface area contributed by atoms with Gasteiger partial charge < -0.3 is 10.1 Å². The number of para-hydroxylation sites is 1. The zero-order valence-electron chi connectivity index (χ0n) is 11.5. The highest BCUT2D eigenvalue weighted by Crippen LogP contribution is 2.30. The van der Waals surface area contributed by atoms with E-state index in [2.05, 4.69) is 5.32 Å². The van der Waals surface area contributed by atoms with Crippen molar-refractivity contribution in [1.82, 2.24) is 0 Å². The van der Waals surface area contributed by atoms with Gasteiger partial charge in [0.25, 0.3) is 0 Å². The number of methoxy groups -OCH3 is 1. The topological polar surface area (TPSA) is 21.3 Å². The molecule has 0 saturated carbocycles. The average Bonchev–Trinajstić information content (AvgIpc) is 2.48. The molecule has 0 aromatic heterocycles. The van der Waals surface area contributed by atoms with Crippen LogP contribution in [-0.4, -0.2) is 7.11 Å². The molecule has 2 rings (SSSR count). The number of anilines is 1. The van der Waals surface area contributed by atoms with Crippen molar-refractivity contribution in [3.05, 3.63) is 59.7 Å². The van der Waals surface area contributed by atoms with Gasteiger partial charge in [-0.05, 0) is 24.6 Å². The minimum absolute atomic E-state index is 0.0315. The predicted octanol–water partition coefficient (Wildman–Crippen LogP) is 4.54. The lowest BCUT2D eigenvalue weighted by atomic mass is 10.0. The first-order chi connectivity index (χ1) is 9.65. The summed E-state index contributed by atoms with van der Waals surface area (Å²) in [5.74, 6) is -0.930. The van der Waals surface area contributed by atoms with E-state index in [9.17, 15) is 8.78 Å². The fraction of sp³-hybridized carbons (Fsp3) is 0.250. The highest BCUT2D eigenvalue weighted by Gasteiger charge is 2.14. The number of benzene rings is 2. The molecule has 0 aliphatic rings. The highest BCUT2D eigenvalue weighted by molar-refractivity contribution is 5.48. The van der Waals surface area contributed by atoms with Crippen LogP contribution in [-0.2, 0) is 0 Å². The number of nitrogens with one attached hydrogen (secondary N) is 1. The van der Waals surface area contributed by atoms with E-state index in [-0.39, 0.29) is 6.04 Å². The van der Waals surface area contributed by atoms with Gasteiger partial charge in [0.2, 0.25) is 0 Å². The number of halogens is 2. The summed E-state index contributed by atoms with van der Waals surface area (Å²) >= 11 is 0. The molecule has 1 atom stereocenters. The van der Waals surface area contributed by atoms with E-state index in [0.29, 0.717) is 5.69 Å². The van der Waals surface area contributed by atoms with Gasteiger partial charge in [-0.1, -0.05) is 25.1 Å². The van der Waals surface area contributed by atoms with Crippen molar-refractivity contribution >= 4 is 5.69 Å². The van der Waals surface area contributed by atoms with Gasteiger partial charge in [-0.25, -0.2) is 8.78 Å². The third-order valence-corrected chi connectivity index (χ3v) is 3.18. The first-order valence-corrected chi connectivity index (χ1v) is 6.50. The summed E-state index contributed by atoms with van der Waals surface area (Å²) in [6.07, 6.45) is 0.791. The van der Waals surface area contributed by atoms with Crippen LogP contribution in [0, 0.1) is 11.6 Å². The van der Waals surface area contributed by atoms with Crippen molar-refractivity contribution in [2.24, 2.45) is 0 Å². The summed E-state index contributed by atoms with van der Waals surface area (Å²) in [5, 5.41) is 3.20. The maximum Gasteiger partial charge on any atom is 0.160 e. The Morgan fingerprint density at radius 1 is 1.10 bits per heavy atom. The normalized spacial score (nSPS) is 12.0. The van der Waals surface area contributed by atoms with Crippen molar-refractivity contribution in [3.8, 4) is 5.75 Å². The summed E-state index contributed by atoms with van der Waals surface area (Å²) < 4.78 is 31.5. The molecule has 1 N–H and O–H groups in total.